The Morgan fingerprint density at radius 3 is 2.55 bits per heavy atom. The maximum atomic E-state index is 4.37. The molecule has 11 heavy (non-hydrogen) atoms. The van der Waals surface area contributed by atoms with Crippen molar-refractivity contribution in [3.8, 4) is 0 Å². The third-order valence-electron chi connectivity index (χ3n) is 1.65. The van der Waals surface area contributed by atoms with Crippen molar-refractivity contribution in [1.82, 2.24) is 0 Å². The molecule has 0 aliphatic rings. The van der Waals surface area contributed by atoms with Crippen LogP contribution in [0.3, 0.4) is 0 Å². The second kappa shape index (κ2) is 6.14. The van der Waals surface area contributed by atoms with E-state index in [-0.39, 0.29) is 0 Å². The molecule has 0 bridgehead atoms. The van der Waals surface area contributed by atoms with E-state index in [0.29, 0.717) is 6.04 Å². The van der Waals surface area contributed by atoms with Gasteiger partial charge in [0, 0.05) is 12.3 Å². The molecule has 1 heteroatoms. The summed E-state index contributed by atoms with van der Waals surface area (Å²) in [7, 11) is 0. The predicted octanol–water partition coefficient (Wildman–Crippen LogP) is 3.21. The molecule has 1 atom stereocenters. The lowest BCUT2D eigenvalue weighted by atomic mass is 10.2. The van der Waals surface area contributed by atoms with Crippen molar-refractivity contribution in [1.29, 1.82) is 0 Å². The molecule has 0 aromatic rings. The van der Waals surface area contributed by atoms with Crippen LogP contribution in [0.1, 0.15) is 40.5 Å². The van der Waals surface area contributed by atoms with Gasteiger partial charge in [-0.1, -0.05) is 19.9 Å². The van der Waals surface area contributed by atoms with Crippen molar-refractivity contribution in [3.63, 3.8) is 0 Å². The van der Waals surface area contributed by atoms with Crippen molar-refractivity contribution < 1.29 is 0 Å². The monoisotopic (exact) mass is 153 g/mol. The number of aliphatic imine (C=N–C) groups is 1. The van der Waals surface area contributed by atoms with E-state index < -0.39 is 0 Å². The van der Waals surface area contributed by atoms with Crippen molar-refractivity contribution in [2.24, 2.45) is 4.99 Å². The van der Waals surface area contributed by atoms with Crippen molar-refractivity contribution in [2.45, 2.75) is 46.6 Å². The van der Waals surface area contributed by atoms with E-state index in [9.17, 15) is 0 Å². The molecular formula is C10H19N. The van der Waals surface area contributed by atoms with E-state index >= 15 is 0 Å². The number of hydrogen-bond acceptors (Lipinski definition) is 1. The van der Waals surface area contributed by atoms with E-state index in [0.717, 1.165) is 12.8 Å². The number of allylic oxidation sites excluding steroid dienone is 2. The Labute approximate surface area is 70.2 Å². The number of hydrogen-bond donors (Lipinski definition) is 0. The predicted molar refractivity (Wildman–Crippen MR) is 52.3 cm³/mol. The normalized spacial score (nSPS) is 15.8. The molecule has 0 aliphatic heterocycles. The zero-order valence-corrected chi connectivity index (χ0v) is 8.09. The van der Waals surface area contributed by atoms with E-state index in [4.69, 9.17) is 0 Å². The summed E-state index contributed by atoms with van der Waals surface area (Å²) in [6.07, 6.45) is 6.37. The zero-order chi connectivity index (χ0) is 8.69. The van der Waals surface area contributed by atoms with Gasteiger partial charge in [0.05, 0.1) is 0 Å². The molecule has 1 unspecified atom stereocenters. The molecule has 0 radical (unpaired) electrons. The van der Waals surface area contributed by atoms with Gasteiger partial charge in [0.25, 0.3) is 0 Å². The van der Waals surface area contributed by atoms with Crippen LogP contribution in [0.15, 0.2) is 16.6 Å². The van der Waals surface area contributed by atoms with E-state index in [2.05, 4.69) is 38.8 Å². The summed E-state index contributed by atoms with van der Waals surface area (Å²) < 4.78 is 0. The lowest BCUT2D eigenvalue weighted by Gasteiger charge is -1.99. The Morgan fingerprint density at radius 1 is 1.45 bits per heavy atom. The van der Waals surface area contributed by atoms with Gasteiger partial charge >= 0.3 is 0 Å². The highest BCUT2D eigenvalue weighted by Gasteiger charge is 1.90. The fourth-order valence-corrected chi connectivity index (χ4v) is 0.725. The third-order valence-corrected chi connectivity index (χ3v) is 1.65. The van der Waals surface area contributed by atoms with Gasteiger partial charge in [-0.15, -0.1) is 0 Å². The molecule has 0 heterocycles. The summed E-state index contributed by atoms with van der Waals surface area (Å²) >= 11 is 0. The smallest absolute Gasteiger partial charge is 0.0468 e. The molecule has 0 spiro atoms. The fourth-order valence-electron chi connectivity index (χ4n) is 0.725. The average Bonchev–Trinajstić information content (AvgIpc) is 2.01. The Bertz CT molecular complexity index is 145. The molecular weight excluding hydrogens is 134 g/mol. The van der Waals surface area contributed by atoms with Gasteiger partial charge in [-0.05, 0) is 32.3 Å². The zero-order valence-electron chi connectivity index (χ0n) is 8.09. The maximum Gasteiger partial charge on any atom is 0.0468 e. The van der Waals surface area contributed by atoms with Crippen LogP contribution in [0.5, 0.6) is 0 Å². The van der Waals surface area contributed by atoms with E-state index in [1.165, 1.54) is 5.57 Å². The molecule has 0 N–H and O–H groups in total. The number of rotatable bonds is 4. The SMILES string of the molecule is CCC=C(C)C=NC(C)CC. The van der Waals surface area contributed by atoms with Crippen molar-refractivity contribution in [3.05, 3.63) is 11.6 Å². The van der Waals surface area contributed by atoms with Crippen LogP contribution in [-0.4, -0.2) is 12.3 Å². The molecule has 0 fully saturated rings. The van der Waals surface area contributed by atoms with Crippen LogP contribution in [0.2, 0.25) is 0 Å². The topological polar surface area (TPSA) is 12.4 Å². The molecule has 64 valence electrons. The van der Waals surface area contributed by atoms with Gasteiger partial charge in [-0.25, -0.2) is 0 Å². The highest BCUT2D eigenvalue weighted by molar-refractivity contribution is 5.77. The highest BCUT2D eigenvalue weighted by atomic mass is 14.7. The molecule has 0 rings (SSSR count). The Morgan fingerprint density at radius 2 is 2.09 bits per heavy atom. The van der Waals surface area contributed by atoms with Crippen molar-refractivity contribution in [2.75, 3.05) is 0 Å². The van der Waals surface area contributed by atoms with Gasteiger partial charge < -0.3 is 0 Å². The van der Waals surface area contributed by atoms with Gasteiger partial charge in [-0.3, -0.25) is 4.99 Å². The Balaban J connectivity index is 3.81. The summed E-state index contributed by atoms with van der Waals surface area (Å²) in [5.74, 6) is 0. The number of nitrogens with zero attached hydrogens (tertiary/aromatic N) is 1. The standard InChI is InChI=1S/C10H19N/c1-5-7-9(3)8-11-10(4)6-2/h7-8,10H,5-6H2,1-4H3. The molecule has 0 amide bonds. The minimum absolute atomic E-state index is 0.468. The summed E-state index contributed by atoms with van der Waals surface area (Å²) in [5, 5.41) is 0. The molecule has 0 aromatic heterocycles. The summed E-state index contributed by atoms with van der Waals surface area (Å²) in [4.78, 5) is 4.37. The first-order valence-electron chi connectivity index (χ1n) is 4.40. The molecule has 0 aromatic carbocycles. The van der Waals surface area contributed by atoms with Crippen LogP contribution in [-0.2, 0) is 0 Å². The Kier molecular flexibility index (Phi) is 5.81. The minimum Gasteiger partial charge on any atom is -0.290 e. The first-order chi connectivity index (χ1) is 5.20. The Hall–Kier alpha value is -0.590. The molecule has 0 saturated heterocycles. The van der Waals surface area contributed by atoms with Crippen LogP contribution in [0.25, 0.3) is 0 Å². The highest BCUT2D eigenvalue weighted by Crippen LogP contribution is 1.96. The van der Waals surface area contributed by atoms with Crippen LogP contribution in [0, 0.1) is 0 Å². The van der Waals surface area contributed by atoms with Crippen LogP contribution in [0.4, 0.5) is 0 Å². The van der Waals surface area contributed by atoms with Gasteiger partial charge in [0.1, 0.15) is 0 Å². The maximum absolute atomic E-state index is 4.37. The second-order valence-electron chi connectivity index (χ2n) is 2.89. The summed E-state index contributed by atoms with van der Waals surface area (Å²) in [6, 6.07) is 0.468. The lowest BCUT2D eigenvalue weighted by molar-refractivity contribution is 0.720. The first kappa shape index (κ1) is 10.4. The molecule has 0 saturated carbocycles. The largest absolute Gasteiger partial charge is 0.290 e. The van der Waals surface area contributed by atoms with Gasteiger partial charge in [0.15, 0.2) is 0 Å². The second-order valence-corrected chi connectivity index (χ2v) is 2.89. The molecule has 0 aliphatic carbocycles. The summed E-state index contributed by atoms with van der Waals surface area (Å²) in [5.41, 5.74) is 1.27. The lowest BCUT2D eigenvalue weighted by Crippen LogP contribution is -1.94. The molecule has 1 nitrogen and oxygen atoms in total. The van der Waals surface area contributed by atoms with Gasteiger partial charge in [0.2, 0.25) is 0 Å². The van der Waals surface area contributed by atoms with Crippen LogP contribution < -0.4 is 0 Å². The van der Waals surface area contributed by atoms with Gasteiger partial charge in [-0.2, -0.15) is 0 Å². The quantitative estimate of drug-likeness (QED) is 0.550. The summed E-state index contributed by atoms with van der Waals surface area (Å²) in [6.45, 7) is 8.52. The fraction of sp³-hybridized carbons (Fsp3) is 0.700. The minimum atomic E-state index is 0.468. The van der Waals surface area contributed by atoms with Crippen molar-refractivity contribution >= 4 is 6.21 Å². The average molecular weight is 153 g/mol. The van der Waals surface area contributed by atoms with E-state index in [1.807, 2.05) is 6.21 Å². The first-order valence-corrected chi connectivity index (χ1v) is 4.40. The van der Waals surface area contributed by atoms with E-state index in [1.54, 1.807) is 0 Å². The van der Waals surface area contributed by atoms with Crippen LogP contribution >= 0.6 is 0 Å². The third kappa shape index (κ3) is 5.84.